The number of rotatable bonds is 6. The first-order chi connectivity index (χ1) is 8.95. The lowest BCUT2D eigenvalue weighted by Crippen LogP contribution is -2.19. The molecule has 6 nitrogen and oxygen atoms in total. The molecule has 0 amide bonds. The molecular formula is C12H21O6P. The van der Waals surface area contributed by atoms with Gasteiger partial charge in [-0.2, -0.15) is 0 Å². The smallest absolute Gasteiger partial charge is 0.391 e. The van der Waals surface area contributed by atoms with E-state index in [4.69, 9.17) is 24.7 Å². The molecule has 0 saturated heterocycles. The Morgan fingerprint density at radius 2 is 1.74 bits per heavy atom. The zero-order valence-electron chi connectivity index (χ0n) is 11.0. The average molecular weight is 292 g/mol. The second-order valence-electron chi connectivity index (χ2n) is 3.83. The van der Waals surface area contributed by atoms with Crippen molar-refractivity contribution < 1.29 is 29.3 Å². The predicted molar refractivity (Wildman–Crippen MR) is 72.6 cm³/mol. The molecule has 1 aromatic carbocycles. The number of benzene rings is 1. The van der Waals surface area contributed by atoms with Crippen LogP contribution in [0.4, 0.5) is 0 Å². The van der Waals surface area contributed by atoms with Crippen molar-refractivity contribution in [3.05, 3.63) is 30.3 Å². The molecule has 0 spiro atoms. The maximum Gasteiger partial charge on any atom is 0.391 e. The third-order valence-electron chi connectivity index (χ3n) is 1.81. The summed E-state index contributed by atoms with van der Waals surface area (Å²) in [5.41, 5.74) is 0. The fourth-order valence-electron chi connectivity index (χ4n) is 0.932. The molecule has 0 aliphatic heterocycles. The standard InChI is InChI=1S/C6H7O3P.C6H14O3/c7-10(8)9-6-4-2-1-3-5-6;1-5(8)4-9-6(2)3-7/h1-5,7-8H;5-8H,3-4H2,1-2H3. The maximum absolute atomic E-state index is 8.69. The first-order valence-electron chi connectivity index (χ1n) is 5.77. The van der Waals surface area contributed by atoms with Gasteiger partial charge in [0.15, 0.2) is 0 Å². The van der Waals surface area contributed by atoms with Crippen LogP contribution in [-0.2, 0) is 4.74 Å². The molecule has 2 atom stereocenters. The van der Waals surface area contributed by atoms with Gasteiger partial charge in [0, 0.05) is 0 Å². The molecule has 0 bridgehead atoms. The third kappa shape index (κ3) is 12.0. The van der Waals surface area contributed by atoms with Crippen molar-refractivity contribution in [3.8, 4) is 5.75 Å². The van der Waals surface area contributed by atoms with Crippen molar-refractivity contribution in [2.75, 3.05) is 13.2 Å². The van der Waals surface area contributed by atoms with Gasteiger partial charge in [0.25, 0.3) is 0 Å². The highest BCUT2D eigenvalue weighted by Gasteiger charge is 2.01. The summed E-state index contributed by atoms with van der Waals surface area (Å²) in [7, 11) is -2.28. The largest absolute Gasteiger partial charge is 0.427 e. The Bertz CT molecular complexity index is 306. The fourth-order valence-corrected chi connectivity index (χ4v) is 1.24. The van der Waals surface area contributed by atoms with Gasteiger partial charge in [-0.05, 0) is 26.0 Å². The highest BCUT2D eigenvalue weighted by atomic mass is 31.2. The van der Waals surface area contributed by atoms with Crippen LogP contribution in [0.25, 0.3) is 0 Å². The molecule has 19 heavy (non-hydrogen) atoms. The van der Waals surface area contributed by atoms with Crippen molar-refractivity contribution >= 4 is 8.60 Å². The lowest BCUT2D eigenvalue weighted by molar-refractivity contribution is -0.0177. The van der Waals surface area contributed by atoms with E-state index < -0.39 is 14.7 Å². The molecule has 2 unspecified atom stereocenters. The van der Waals surface area contributed by atoms with Gasteiger partial charge >= 0.3 is 8.60 Å². The van der Waals surface area contributed by atoms with E-state index in [0.29, 0.717) is 12.4 Å². The summed E-state index contributed by atoms with van der Waals surface area (Å²) in [6, 6.07) is 8.65. The van der Waals surface area contributed by atoms with E-state index in [1.165, 1.54) is 0 Å². The predicted octanol–water partition coefficient (Wildman–Crippen LogP) is 1.04. The zero-order valence-corrected chi connectivity index (χ0v) is 11.9. The van der Waals surface area contributed by atoms with Crippen LogP contribution in [0.15, 0.2) is 30.3 Å². The second kappa shape index (κ2) is 11.1. The number of aliphatic hydroxyl groups excluding tert-OH is 2. The Kier molecular flexibility index (Phi) is 10.7. The van der Waals surface area contributed by atoms with E-state index >= 15 is 0 Å². The molecule has 110 valence electrons. The Balaban J connectivity index is 0.000000344. The minimum absolute atomic E-state index is 0.00667. The first-order valence-corrected chi connectivity index (χ1v) is 6.93. The van der Waals surface area contributed by atoms with E-state index in [0.717, 1.165) is 0 Å². The van der Waals surface area contributed by atoms with E-state index in [-0.39, 0.29) is 12.7 Å². The minimum atomic E-state index is -2.28. The maximum atomic E-state index is 8.69. The van der Waals surface area contributed by atoms with Crippen LogP contribution < -0.4 is 4.52 Å². The Morgan fingerprint density at radius 3 is 2.16 bits per heavy atom. The molecule has 4 N–H and O–H groups in total. The third-order valence-corrected chi connectivity index (χ3v) is 2.18. The number of para-hydroxylation sites is 1. The fraction of sp³-hybridized carbons (Fsp3) is 0.500. The summed E-state index contributed by atoms with van der Waals surface area (Å²) < 4.78 is 9.54. The van der Waals surface area contributed by atoms with Crippen LogP contribution >= 0.6 is 8.60 Å². The summed E-state index contributed by atoms with van der Waals surface area (Å²) in [6.45, 7) is 3.70. The first kappa shape index (κ1) is 18.2. The number of ether oxygens (including phenoxy) is 1. The van der Waals surface area contributed by atoms with Crippen LogP contribution in [0.5, 0.6) is 5.75 Å². The van der Waals surface area contributed by atoms with Crippen molar-refractivity contribution in [3.63, 3.8) is 0 Å². The lowest BCUT2D eigenvalue weighted by atomic mass is 10.3. The van der Waals surface area contributed by atoms with E-state index in [9.17, 15) is 0 Å². The molecule has 0 aliphatic carbocycles. The minimum Gasteiger partial charge on any atom is -0.427 e. The van der Waals surface area contributed by atoms with Crippen molar-refractivity contribution in [2.45, 2.75) is 26.1 Å². The molecule has 1 aromatic rings. The molecule has 7 heteroatoms. The topological polar surface area (TPSA) is 99.4 Å². The molecular weight excluding hydrogens is 271 g/mol. The van der Waals surface area contributed by atoms with Gasteiger partial charge in [0.2, 0.25) is 0 Å². The molecule has 0 aliphatic rings. The molecule has 1 rings (SSSR count). The highest BCUT2D eigenvalue weighted by Crippen LogP contribution is 2.27. The SMILES string of the molecule is CC(O)COC(C)CO.OP(O)Oc1ccccc1. The van der Waals surface area contributed by atoms with E-state index in [1.54, 1.807) is 38.1 Å². The summed E-state index contributed by atoms with van der Waals surface area (Å²) >= 11 is 0. The van der Waals surface area contributed by atoms with Gasteiger partial charge in [-0.15, -0.1) is 0 Å². The number of hydrogen-bond acceptors (Lipinski definition) is 6. The molecule has 0 fully saturated rings. The van der Waals surface area contributed by atoms with Gasteiger partial charge in [0.05, 0.1) is 25.4 Å². The summed E-state index contributed by atoms with van der Waals surface area (Å²) in [6.07, 6.45) is -0.612. The van der Waals surface area contributed by atoms with Gasteiger partial charge in [0.1, 0.15) is 5.75 Å². The average Bonchev–Trinajstić information content (AvgIpc) is 2.37. The molecule has 0 radical (unpaired) electrons. The Labute approximate surface area is 114 Å². The highest BCUT2D eigenvalue weighted by molar-refractivity contribution is 7.39. The van der Waals surface area contributed by atoms with Gasteiger partial charge in [-0.1, -0.05) is 18.2 Å². The van der Waals surface area contributed by atoms with Crippen LogP contribution in [0.2, 0.25) is 0 Å². The summed E-state index contributed by atoms with van der Waals surface area (Å²) in [5.74, 6) is 0.471. The number of hydrogen-bond donors (Lipinski definition) is 4. The number of aliphatic hydroxyl groups is 2. The Hall–Kier alpha value is -0.750. The van der Waals surface area contributed by atoms with Crippen LogP contribution in [-0.4, -0.2) is 45.4 Å². The van der Waals surface area contributed by atoms with Gasteiger partial charge in [-0.3, -0.25) is 0 Å². The molecule has 0 aromatic heterocycles. The van der Waals surface area contributed by atoms with Gasteiger partial charge in [-0.25, -0.2) is 0 Å². The monoisotopic (exact) mass is 292 g/mol. The van der Waals surface area contributed by atoms with E-state index in [2.05, 4.69) is 4.52 Å². The zero-order chi connectivity index (χ0) is 14.7. The molecule has 0 saturated carbocycles. The van der Waals surface area contributed by atoms with Crippen molar-refractivity contribution in [1.29, 1.82) is 0 Å². The van der Waals surface area contributed by atoms with Crippen LogP contribution in [0.3, 0.4) is 0 Å². The Morgan fingerprint density at radius 1 is 1.16 bits per heavy atom. The van der Waals surface area contributed by atoms with Crippen LogP contribution in [0, 0.1) is 0 Å². The lowest BCUT2D eigenvalue weighted by Gasteiger charge is -2.10. The normalized spacial score (nSPS) is 13.4. The van der Waals surface area contributed by atoms with E-state index in [1.807, 2.05) is 6.07 Å². The quantitative estimate of drug-likeness (QED) is 0.585. The summed E-state index contributed by atoms with van der Waals surface area (Å²) in [5, 5.41) is 17.1. The van der Waals surface area contributed by atoms with Crippen LogP contribution in [0.1, 0.15) is 13.8 Å². The summed E-state index contributed by atoms with van der Waals surface area (Å²) in [4.78, 5) is 16.8. The van der Waals surface area contributed by atoms with Gasteiger partial charge < -0.3 is 29.3 Å². The van der Waals surface area contributed by atoms with Crippen molar-refractivity contribution in [1.82, 2.24) is 0 Å². The van der Waals surface area contributed by atoms with Crippen molar-refractivity contribution in [2.24, 2.45) is 0 Å². The second-order valence-corrected chi connectivity index (χ2v) is 4.52. The molecule has 0 heterocycles.